The average molecular weight is 336 g/mol. The number of ketones is 1. The van der Waals surface area contributed by atoms with Gasteiger partial charge in [-0.25, -0.2) is 4.79 Å². The summed E-state index contributed by atoms with van der Waals surface area (Å²) in [7, 11) is 2.75. The molecule has 0 saturated heterocycles. The normalized spacial score (nSPS) is 10.3. The summed E-state index contributed by atoms with van der Waals surface area (Å²) in [5, 5.41) is 0. The molecular weight excluding hydrogens is 320 g/mol. The van der Waals surface area contributed by atoms with Gasteiger partial charge in [-0.1, -0.05) is 42.5 Å². The van der Waals surface area contributed by atoms with Crippen molar-refractivity contribution in [2.45, 2.75) is 0 Å². The maximum absolute atomic E-state index is 13.2. The molecule has 1 heterocycles. The van der Waals surface area contributed by atoms with E-state index in [-0.39, 0.29) is 16.9 Å². The maximum Gasteiger partial charge on any atom is 0.341 e. The maximum atomic E-state index is 13.2. The quantitative estimate of drug-likeness (QED) is 0.521. The lowest BCUT2D eigenvalue weighted by atomic mass is 9.96. The van der Waals surface area contributed by atoms with E-state index in [0.717, 1.165) is 0 Å². The third-order valence-electron chi connectivity index (χ3n) is 3.81. The second kappa shape index (κ2) is 7.05. The molecule has 0 aliphatic heterocycles. The summed E-state index contributed by atoms with van der Waals surface area (Å²) in [5.41, 5.74) is 1.27. The third kappa shape index (κ3) is 3.04. The van der Waals surface area contributed by atoms with Gasteiger partial charge in [-0.15, -0.1) is 0 Å². The van der Waals surface area contributed by atoms with Crippen molar-refractivity contribution >= 4 is 11.8 Å². The van der Waals surface area contributed by atoms with Crippen molar-refractivity contribution in [3.05, 3.63) is 77.6 Å². The lowest BCUT2D eigenvalue weighted by Crippen LogP contribution is -2.11. The van der Waals surface area contributed by atoms with Crippen molar-refractivity contribution in [2.24, 2.45) is 0 Å². The van der Waals surface area contributed by atoms with Crippen LogP contribution in [0.3, 0.4) is 0 Å². The van der Waals surface area contributed by atoms with Crippen LogP contribution in [0, 0.1) is 0 Å². The Labute approximate surface area is 144 Å². The molecule has 0 unspecified atom stereocenters. The molecule has 3 rings (SSSR count). The van der Waals surface area contributed by atoms with Crippen LogP contribution >= 0.6 is 0 Å². The molecular formula is C20H16O5. The zero-order valence-electron chi connectivity index (χ0n) is 13.8. The summed E-state index contributed by atoms with van der Waals surface area (Å²) < 4.78 is 15.6. The number of para-hydroxylation sites is 1. The van der Waals surface area contributed by atoms with Gasteiger partial charge in [0.25, 0.3) is 0 Å². The minimum Gasteiger partial charge on any atom is -0.496 e. The Morgan fingerprint density at radius 3 is 2.24 bits per heavy atom. The van der Waals surface area contributed by atoms with Crippen molar-refractivity contribution in [1.82, 2.24) is 0 Å². The smallest absolute Gasteiger partial charge is 0.341 e. The first-order valence-electron chi connectivity index (χ1n) is 7.60. The van der Waals surface area contributed by atoms with Crippen molar-refractivity contribution in [3.8, 4) is 17.1 Å². The standard InChI is InChI=1S/C20H16O5/c1-23-16-11-7-6-10-14(16)18(21)17-15(20(22)24-2)12-25-19(17)13-8-4-3-5-9-13/h3-12H,1-2H3. The highest BCUT2D eigenvalue weighted by atomic mass is 16.5. The first-order chi connectivity index (χ1) is 12.2. The van der Waals surface area contributed by atoms with Crippen LogP contribution in [0.15, 0.2) is 65.3 Å². The summed E-state index contributed by atoms with van der Waals surface area (Å²) >= 11 is 0. The number of carbonyl (C=O) groups excluding carboxylic acids is 2. The molecule has 0 saturated carbocycles. The molecule has 126 valence electrons. The van der Waals surface area contributed by atoms with Gasteiger partial charge in [0.15, 0.2) is 0 Å². The minimum absolute atomic E-state index is 0.0808. The largest absolute Gasteiger partial charge is 0.496 e. The van der Waals surface area contributed by atoms with Gasteiger partial charge in [-0.2, -0.15) is 0 Å². The summed E-state index contributed by atoms with van der Waals surface area (Å²) in [6.07, 6.45) is 1.25. The highest BCUT2D eigenvalue weighted by Crippen LogP contribution is 2.32. The molecule has 0 atom stereocenters. The molecule has 5 nitrogen and oxygen atoms in total. The van der Waals surface area contributed by atoms with Crippen molar-refractivity contribution in [2.75, 3.05) is 14.2 Å². The number of ether oxygens (including phenoxy) is 2. The molecule has 0 aliphatic rings. The van der Waals surface area contributed by atoms with Crippen LogP contribution in [0.2, 0.25) is 0 Å². The Bertz CT molecular complexity index is 909. The van der Waals surface area contributed by atoms with E-state index in [4.69, 9.17) is 13.9 Å². The number of hydrogen-bond acceptors (Lipinski definition) is 5. The van der Waals surface area contributed by atoms with Gasteiger partial charge in [-0.05, 0) is 12.1 Å². The first-order valence-corrected chi connectivity index (χ1v) is 7.60. The molecule has 2 aromatic carbocycles. The molecule has 0 aliphatic carbocycles. The summed E-state index contributed by atoms with van der Waals surface area (Å²) in [4.78, 5) is 25.3. The average Bonchev–Trinajstić information content (AvgIpc) is 3.12. The van der Waals surface area contributed by atoms with Crippen LogP contribution in [0.1, 0.15) is 26.3 Å². The molecule has 5 heteroatoms. The van der Waals surface area contributed by atoms with Crippen LogP contribution in [0.25, 0.3) is 11.3 Å². The molecule has 0 amide bonds. The fourth-order valence-electron chi connectivity index (χ4n) is 2.61. The fourth-order valence-corrected chi connectivity index (χ4v) is 2.61. The SMILES string of the molecule is COC(=O)c1coc(-c2ccccc2)c1C(=O)c1ccccc1OC. The summed E-state index contributed by atoms with van der Waals surface area (Å²) in [6, 6.07) is 15.9. The number of benzene rings is 2. The van der Waals surface area contributed by atoms with Gasteiger partial charge in [0, 0.05) is 5.56 Å². The fraction of sp³-hybridized carbons (Fsp3) is 0.100. The lowest BCUT2D eigenvalue weighted by molar-refractivity contribution is 0.0597. The Hall–Kier alpha value is -3.34. The van der Waals surface area contributed by atoms with Crippen molar-refractivity contribution in [1.29, 1.82) is 0 Å². The van der Waals surface area contributed by atoms with E-state index in [1.807, 2.05) is 18.2 Å². The predicted molar refractivity (Wildman–Crippen MR) is 91.9 cm³/mol. The van der Waals surface area contributed by atoms with Crippen LogP contribution in [0.4, 0.5) is 0 Å². The van der Waals surface area contributed by atoms with Gasteiger partial charge >= 0.3 is 5.97 Å². The molecule has 3 aromatic rings. The zero-order chi connectivity index (χ0) is 17.8. The number of methoxy groups -OCH3 is 2. The van der Waals surface area contributed by atoms with E-state index >= 15 is 0 Å². The second-order valence-electron chi connectivity index (χ2n) is 5.24. The van der Waals surface area contributed by atoms with Crippen LogP contribution in [-0.2, 0) is 4.74 Å². The van der Waals surface area contributed by atoms with Gasteiger partial charge in [0.1, 0.15) is 23.3 Å². The molecule has 0 radical (unpaired) electrons. The highest BCUT2D eigenvalue weighted by Gasteiger charge is 2.28. The minimum atomic E-state index is -0.635. The first kappa shape index (κ1) is 16.5. The van der Waals surface area contributed by atoms with Gasteiger partial charge in [0.2, 0.25) is 5.78 Å². The van der Waals surface area contributed by atoms with Crippen LogP contribution in [-0.4, -0.2) is 26.0 Å². The number of rotatable bonds is 5. The second-order valence-corrected chi connectivity index (χ2v) is 5.24. The molecule has 1 aromatic heterocycles. The van der Waals surface area contributed by atoms with E-state index in [2.05, 4.69) is 0 Å². The Balaban J connectivity index is 2.21. The molecule has 0 bridgehead atoms. The highest BCUT2D eigenvalue weighted by molar-refractivity contribution is 6.18. The van der Waals surface area contributed by atoms with E-state index in [1.165, 1.54) is 20.5 Å². The Kier molecular flexibility index (Phi) is 4.66. The topological polar surface area (TPSA) is 65.7 Å². The number of esters is 1. The molecule has 0 N–H and O–H groups in total. The van der Waals surface area contributed by atoms with Crippen molar-refractivity contribution in [3.63, 3.8) is 0 Å². The summed E-state index contributed by atoms with van der Waals surface area (Å²) in [6.45, 7) is 0. The Morgan fingerprint density at radius 1 is 0.880 bits per heavy atom. The third-order valence-corrected chi connectivity index (χ3v) is 3.81. The molecule has 25 heavy (non-hydrogen) atoms. The monoisotopic (exact) mass is 336 g/mol. The zero-order valence-corrected chi connectivity index (χ0v) is 13.8. The lowest BCUT2D eigenvalue weighted by Gasteiger charge is -2.09. The van der Waals surface area contributed by atoms with Gasteiger partial charge in [0.05, 0.1) is 25.3 Å². The predicted octanol–water partition coefficient (Wildman–Crippen LogP) is 3.97. The van der Waals surface area contributed by atoms with Gasteiger partial charge < -0.3 is 13.9 Å². The number of hydrogen-bond donors (Lipinski definition) is 0. The van der Waals surface area contributed by atoms with Gasteiger partial charge in [-0.3, -0.25) is 4.79 Å². The number of furan rings is 1. The van der Waals surface area contributed by atoms with Crippen LogP contribution < -0.4 is 4.74 Å². The van der Waals surface area contributed by atoms with E-state index in [1.54, 1.807) is 36.4 Å². The Morgan fingerprint density at radius 2 is 1.56 bits per heavy atom. The van der Waals surface area contributed by atoms with E-state index < -0.39 is 5.97 Å². The number of carbonyl (C=O) groups is 2. The summed E-state index contributed by atoms with van der Waals surface area (Å²) in [5.74, 6) is -0.268. The molecule has 0 spiro atoms. The van der Waals surface area contributed by atoms with E-state index in [9.17, 15) is 9.59 Å². The molecule has 0 fully saturated rings. The van der Waals surface area contributed by atoms with Crippen LogP contribution in [0.5, 0.6) is 5.75 Å². The van der Waals surface area contributed by atoms with E-state index in [0.29, 0.717) is 22.6 Å². The van der Waals surface area contributed by atoms with Crippen molar-refractivity contribution < 1.29 is 23.5 Å².